The maximum Gasteiger partial charge on any atom is 0.0597 e. The van der Waals surface area contributed by atoms with Gasteiger partial charge in [-0.25, -0.2) is 0 Å². The Morgan fingerprint density at radius 1 is 1.00 bits per heavy atom. The van der Waals surface area contributed by atoms with Crippen LogP contribution in [0.15, 0.2) is 68.3 Å². The fourth-order valence-electron chi connectivity index (χ4n) is 4.80. The van der Waals surface area contributed by atoms with E-state index in [1.165, 1.54) is 38.6 Å². The number of benzene rings is 1. The number of allylic oxidation sites excluding steroid dienone is 9. The molecule has 0 heterocycles. The van der Waals surface area contributed by atoms with Crippen molar-refractivity contribution in [1.29, 1.82) is 0 Å². The van der Waals surface area contributed by atoms with E-state index in [1.807, 2.05) is 6.08 Å². The van der Waals surface area contributed by atoms with Crippen molar-refractivity contribution in [3.05, 3.63) is 85.5 Å². The molecule has 3 aliphatic carbocycles. The van der Waals surface area contributed by atoms with Crippen molar-refractivity contribution in [1.82, 2.24) is 0 Å². The van der Waals surface area contributed by atoms with Crippen molar-refractivity contribution in [2.24, 2.45) is 5.92 Å². The van der Waals surface area contributed by atoms with Gasteiger partial charge in [-0.15, -0.1) is 0 Å². The number of halogens is 2. The highest BCUT2D eigenvalue weighted by Crippen LogP contribution is 2.50. The van der Waals surface area contributed by atoms with Gasteiger partial charge in [0.25, 0.3) is 0 Å². The molecule has 0 saturated heterocycles. The highest BCUT2D eigenvalue weighted by Gasteiger charge is 2.36. The predicted octanol–water partition coefficient (Wildman–Crippen LogP) is 7.02. The molecule has 4 rings (SSSR count). The van der Waals surface area contributed by atoms with Gasteiger partial charge in [0.05, 0.1) is 10.1 Å². The largest absolute Gasteiger partial charge is 0.0828 e. The average molecular weight is 410 g/mol. The summed E-state index contributed by atoms with van der Waals surface area (Å²) in [5, 5.41) is 2.71. The molecule has 3 aliphatic rings. The molecule has 0 fully saturated rings. The second-order valence-electron chi connectivity index (χ2n) is 7.88. The van der Waals surface area contributed by atoms with Gasteiger partial charge < -0.3 is 0 Å². The number of hydrogen-bond donors (Lipinski definition) is 0. The van der Waals surface area contributed by atoms with E-state index >= 15 is 0 Å². The van der Waals surface area contributed by atoms with Crippen molar-refractivity contribution in [3.63, 3.8) is 0 Å². The molecule has 1 aromatic carbocycles. The lowest BCUT2D eigenvalue weighted by atomic mass is 9.80. The van der Waals surface area contributed by atoms with Crippen molar-refractivity contribution in [2.75, 3.05) is 0 Å². The fourth-order valence-corrected chi connectivity index (χ4v) is 7.46. The Hall–Kier alpha value is -1.41. The third-order valence-corrected chi connectivity index (χ3v) is 8.58. The lowest BCUT2D eigenvalue weighted by molar-refractivity contribution is 0.881. The normalized spacial score (nSPS) is 24.4. The maximum absolute atomic E-state index is 6.72. The Kier molecular flexibility index (Phi) is 4.82. The fraction of sp³-hybridized carbons (Fsp3) is 0.292. The van der Waals surface area contributed by atoms with Crippen molar-refractivity contribution < 1.29 is 0 Å². The van der Waals surface area contributed by atoms with Gasteiger partial charge in [0.1, 0.15) is 0 Å². The van der Waals surface area contributed by atoms with E-state index in [1.54, 1.807) is 0 Å². The quantitative estimate of drug-likeness (QED) is 0.437. The summed E-state index contributed by atoms with van der Waals surface area (Å²) in [5.41, 5.74) is 9.19. The molecule has 137 valence electrons. The first-order valence-corrected chi connectivity index (χ1v) is 12.6. The summed E-state index contributed by atoms with van der Waals surface area (Å²) in [4.78, 5) is 0. The van der Waals surface area contributed by atoms with Crippen LogP contribution in [0.1, 0.15) is 37.8 Å². The third kappa shape index (κ3) is 2.92. The molecular formula is C24H23Cl2Si. The molecule has 0 saturated carbocycles. The van der Waals surface area contributed by atoms with E-state index in [4.69, 9.17) is 23.2 Å². The van der Waals surface area contributed by atoms with E-state index in [9.17, 15) is 0 Å². The van der Waals surface area contributed by atoms with Crippen LogP contribution in [0, 0.1) is 12.0 Å². The number of rotatable bonds is 1. The molecule has 0 aliphatic heterocycles. The summed E-state index contributed by atoms with van der Waals surface area (Å²) in [5.74, 6) is 0.544. The topological polar surface area (TPSA) is 0 Å². The minimum atomic E-state index is -0.739. The van der Waals surface area contributed by atoms with Gasteiger partial charge in [-0.3, -0.25) is 0 Å². The minimum Gasteiger partial charge on any atom is -0.0828 e. The third-order valence-electron chi connectivity index (χ3n) is 5.86. The molecule has 2 atom stereocenters. The van der Waals surface area contributed by atoms with E-state index in [0.717, 1.165) is 10.6 Å². The lowest BCUT2D eigenvalue weighted by Crippen LogP contribution is -2.22. The van der Waals surface area contributed by atoms with Gasteiger partial charge in [-0.05, 0) is 64.6 Å². The average Bonchev–Trinajstić information content (AvgIpc) is 3.06. The van der Waals surface area contributed by atoms with Crippen LogP contribution in [0.2, 0.25) is 13.1 Å². The molecular weight excluding hydrogens is 387 g/mol. The zero-order valence-corrected chi connectivity index (χ0v) is 18.9. The zero-order chi connectivity index (χ0) is 19.5. The predicted molar refractivity (Wildman–Crippen MR) is 121 cm³/mol. The summed E-state index contributed by atoms with van der Waals surface area (Å²) < 4.78 is 0. The second-order valence-corrected chi connectivity index (χ2v) is 11.2. The highest BCUT2D eigenvalue weighted by molar-refractivity contribution is 6.77. The van der Waals surface area contributed by atoms with E-state index in [2.05, 4.69) is 70.3 Å². The molecule has 0 amide bonds. The van der Waals surface area contributed by atoms with Crippen LogP contribution in [0.25, 0.3) is 6.08 Å². The Morgan fingerprint density at radius 2 is 1.70 bits per heavy atom. The van der Waals surface area contributed by atoms with Gasteiger partial charge in [0, 0.05) is 20.2 Å². The first-order chi connectivity index (χ1) is 12.8. The van der Waals surface area contributed by atoms with Gasteiger partial charge >= 0.3 is 0 Å². The molecule has 3 heteroatoms. The monoisotopic (exact) mass is 409 g/mol. The summed E-state index contributed by atoms with van der Waals surface area (Å²) >= 11 is 13.3. The van der Waals surface area contributed by atoms with Gasteiger partial charge in [0.2, 0.25) is 0 Å². The molecule has 0 spiro atoms. The van der Waals surface area contributed by atoms with Crippen molar-refractivity contribution in [3.8, 4) is 0 Å². The smallest absolute Gasteiger partial charge is 0.0597 e. The second kappa shape index (κ2) is 6.88. The molecule has 0 aromatic heterocycles. The maximum atomic E-state index is 6.72. The Morgan fingerprint density at radius 3 is 2.41 bits per heavy atom. The van der Waals surface area contributed by atoms with Gasteiger partial charge in [-0.2, -0.15) is 0 Å². The first kappa shape index (κ1) is 18.9. The first-order valence-electron chi connectivity index (χ1n) is 9.38. The molecule has 1 radical (unpaired) electrons. The summed E-state index contributed by atoms with van der Waals surface area (Å²) in [6.45, 7) is 11.3. The van der Waals surface area contributed by atoms with E-state index < -0.39 is 8.41 Å². The van der Waals surface area contributed by atoms with Crippen LogP contribution < -0.4 is 0 Å². The lowest BCUT2D eigenvalue weighted by Gasteiger charge is -2.25. The van der Waals surface area contributed by atoms with Crippen LogP contribution in [0.3, 0.4) is 0 Å². The van der Waals surface area contributed by atoms with E-state index in [-0.39, 0.29) is 5.92 Å². The van der Waals surface area contributed by atoms with Crippen LogP contribution in [0.5, 0.6) is 0 Å². The zero-order valence-electron chi connectivity index (χ0n) is 16.4. The molecule has 27 heavy (non-hydrogen) atoms. The molecule has 1 aromatic rings. The van der Waals surface area contributed by atoms with Crippen LogP contribution in [0.4, 0.5) is 0 Å². The molecule has 0 nitrogen and oxygen atoms in total. The van der Waals surface area contributed by atoms with Crippen molar-refractivity contribution >= 4 is 42.9 Å². The van der Waals surface area contributed by atoms with Crippen molar-refractivity contribution in [2.45, 2.75) is 39.8 Å². The van der Waals surface area contributed by atoms with Gasteiger partial charge in [-0.1, -0.05) is 79.1 Å². The van der Waals surface area contributed by atoms with Crippen LogP contribution in [-0.2, 0) is 0 Å². The Labute approximate surface area is 173 Å². The van der Waals surface area contributed by atoms with E-state index in [0.29, 0.717) is 11.0 Å². The Bertz CT molecular complexity index is 1040. The Balaban J connectivity index is 1.99. The molecule has 2 unspecified atom stereocenters. The number of hydrogen-bond acceptors (Lipinski definition) is 0. The van der Waals surface area contributed by atoms with Crippen LogP contribution in [-0.4, -0.2) is 13.6 Å². The summed E-state index contributed by atoms with van der Waals surface area (Å²) in [6.07, 6.45) is 7.95. The van der Waals surface area contributed by atoms with Crippen LogP contribution >= 0.6 is 23.2 Å². The minimum absolute atomic E-state index is 0.254. The number of fused-ring (bicyclic) bond motifs is 2. The summed E-state index contributed by atoms with van der Waals surface area (Å²) in [6, 6.07) is 8.72. The molecule has 0 bridgehead atoms. The molecule has 0 N–H and O–H groups in total. The van der Waals surface area contributed by atoms with Gasteiger partial charge in [0.15, 0.2) is 0 Å². The standard InChI is InChI=1S/C24H23Cl2Si/c1-13-10-16-8-6-7-9-18(16)20(13)21-14(2)11-17-12-19(25)23(26)24(27(4)5)15(3)22(17)21/h6-10,12,15,20H,1-5H3. The summed E-state index contributed by atoms with van der Waals surface area (Å²) in [7, 11) is -0.739. The highest BCUT2D eigenvalue weighted by atomic mass is 35.5. The SMILES string of the molecule is CC1=[C]C2=CC(Cl)=C(Cl)C(=[Si](C)C)C(C)C2=C1C1C(C)=Cc2ccccc21.